The quantitative estimate of drug-likeness (QED) is 0.597. The van der Waals surface area contributed by atoms with Crippen molar-refractivity contribution in [2.45, 2.75) is 19.9 Å². The Bertz CT molecular complexity index is 373. The van der Waals surface area contributed by atoms with Gasteiger partial charge in [-0.2, -0.15) is 0 Å². The van der Waals surface area contributed by atoms with Crippen molar-refractivity contribution in [3.8, 4) is 0 Å². The van der Waals surface area contributed by atoms with Gasteiger partial charge in [-0.15, -0.1) is 6.58 Å². The number of carbonyl (C=O) groups excluding carboxylic acids is 1. The van der Waals surface area contributed by atoms with E-state index in [2.05, 4.69) is 11.6 Å². The van der Waals surface area contributed by atoms with Crippen molar-refractivity contribution < 1.29 is 4.79 Å². The number of pyridine rings is 1. The lowest BCUT2D eigenvalue weighted by molar-refractivity contribution is 0.0728. The van der Waals surface area contributed by atoms with Gasteiger partial charge in [0.15, 0.2) is 0 Å². The molecule has 0 aliphatic heterocycles. The second kappa shape index (κ2) is 5.66. The van der Waals surface area contributed by atoms with E-state index in [1.54, 1.807) is 23.1 Å². The van der Waals surface area contributed by atoms with Crippen molar-refractivity contribution in [2.75, 3.05) is 6.54 Å². The number of rotatable bonds is 4. The fourth-order valence-electron chi connectivity index (χ4n) is 1.34. The summed E-state index contributed by atoms with van der Waals surface area (Å²) in [5.74, 6) is -0.0564. The van der Waals surface area contributed by atoms with Crippen LogP contribution < -0.4 is 0 Å². The lowest BCUT2D eigenvalue weighted by Crippen LogP contribution is -2.37. The van der Waals surface area contributed by atoms with Crippen molar-refractivity contribution >= 4 is 17.5 Å². The lowest BCUT2D eigenvalue weighted by atomic mass is 10.2. The molecular formula is C12H15ClN2O. The Balaban J connectivity index is 2.89. The number of halogens is 1. The van der Waals surface area contributed by atoms with Crippen molar-refractivity contribution in [3.63, 3.8) is 0 Å². The minimum atomic E-state index is -0.0564. The highest BCUT2D eigenvalue weighted by molar-refractivity contribution is 6.29. The minimum absolute atomic E-state index is 0.0564. The molecule has 1 heterocycles. The summed E-state index contributed by atoms with van der Waals surface area (Å²) in [6.45, 7) is 8.10. The molecule has 0 N–H and O–H groups in total. The van der Waals surface area contributed by atoms with E-state index < -0.39 is 0 Å². The van der Waals surface area contributed by atoms with Crippen molar-refractivity contribution in [2.24, 2.45) is 0 Å². The van der Waals surface area contributed by atoms with Gasteiger partial charge >= 0.3 is 0 Å². The second-order valence-corrected chi connectivity index (χ2v) is 4.10. The molecule has 0 atom stereocenters. The summed E-state index contributed by atoms with van der Waals surface area (Å²) in [5, 5.41) is 0.386. The first-order chi connectivity index (χ1) is 7.56. The fourth-order valence-corrected chi connectivity index (χ4v) is 1.45. The predicted molar refractivity (Wildman–Crippen MR) is 65.6 cm³/mol. The first-order valence-corrected chi connectivity index (χ1v) is 5.47. The molecule has 86 valence electrons. The number of hydrogen-bond donors (Lipinski definition) is 0. The molecule has 0 aliphatic carbocycles. The highest BCUT2D eigenvalue weighted by Gasteiger charge is 2.17. The van der Waals surface area contributed by atoms with Gasteiger partial charge in [-0.05, 0) is 26.0 Å². The molecule has 0 bridgehead atoms. The first-order valence-electron chi connectivity index (χ1n) is 5.09. The van der Waals surface area contributed by atoms with Crippen LogP contribution in [0.5, 0.6) is 0 Å². The van der Waals surface area contributed by atoms with Gasteiger partial charge in [-0.3, -0.25) is 4.79 Å². The molecule has 0 fully saturated rings. The van der Waals surface area contributed by atoms with Crippen LogP contribution in [-0.2, 0) is 0 Å². The van der Waals surface area contributed by atoms with Crippen LogP contribution in [0.4, 0.5) is 0 Å². The zero-order chi connectivity index (χ0) is 12.1. The molecule has 0 aliphatic rings. The van der Waals surface area contributed by atoms with Crippen LogP contribution in [0.3, 0.4) is 0 Å². The van der Waals surface area contributed by atoms with Crippen molar-refractivity contribution in [1.29, 1.82) is 0 Å². The van der Waals surface area contributed by atoms with E-state index >= 15 is 0 Å². The molecule has 0 radical (unpaired) electrons. The van der Waals surface area contributed by atoms with Gasteiger partial charge < -0.3 is 4.90 Å². The Hall–Kier alpha value is -1.35. The van der Waals surface area contributed by atoms with Gasteiger partial charge in [-0.1, -0.05) is 17.7 Å². The van der Waals surface area contributed by atoms with Crippen LogP contribution in [0.15, 0.2) is 31.0 Å². The molecule has 1 amide bonds. The smallest absolute Gasteiger partial charge is 0.255 e. The van der Waals surface area contributed by atoms with Crippen LogP contribution >= 0.6 is 11.6 Å². The summed E-state index contributed by atoms with van der Waals surface area (Å²) >= 11 is 5.67. The molecule has 0 saturated heterocycles. The maximum Gasteiger partial charge on any atom is 0.255 e. The number of amides is 1. The highest BCUT2D eigenvalue weighted by atomic mass is 35.5. The molecule has 0 unspecified atom stereocenters. The third-order valence-corrected chi connectivity index (χ3v) is 2.41. The van der Waals surface area contributed by atoms with Crippen LogP contribution in [0.2, 0.25) is 5.15 Å². The zero-order valence-electron chi connectivity index (χ0n) is 9.48. The van der Waals surface area contributed by atoms with Gasteiger partial charge in [0, 0.05) is 18.8 Å². The molecule has 0 aromatic carbocycles. The molecule has 1 aromatic rings. The Labute approximate surface area is 101 Å². The Morgan fingerprint density at radius 1 is 1.62 bits per heavy atom. The van der Waals surface area contributed by atoms with E-state index in [-0.39, 0.29) is 11.9 Å². The van der Waals surface area contributed by atoms with Gasteiger partial charge in [0.1, 0.15) is 5.15 Å². The highest BCUT2D eigenvalue weighted by Crippen LogP contribution is 2.10. The summed E-state index contributed by atoms with van der Waals surface area (Å²) in [4.78, 5) is 17.7. The number of aromatic nitrogens is 1. The van der Waals surface area contributed by atoms with E-state index in [1.165, 1.54) is 6.20 Å². The molecule has 3 nitrogen and oxygen atoms in total. The summed E-state index contributed by atoms with van der Waals surface area (Å²) in [7, 11) is 0. The largest absolute Gasteiger partial charge is 0.332 e. The van der Waals surface area contributed by atoms with Gasteiger partial charge in [0.2, 0.25) is 0 Å². The second-order valence-electron chi connectivity index (χ2n) is 3.71. The van der Waals surface area contributed by atoms with Crippen LogP contribution in [0, 0.1) is 0 Å². The molecule has 1 aromatic heterocycles. The SMILES string of the molecule is C=CCN(C(=O)c1ccc(Cl)nc1)C(C)C. The third kappa shape index (κ3) is 3.07. The van der Waals surface area contributed by atoms with Gasteiger partial charge in [0.05, 0.1) is 5.56 Å². The maximum absolute atomic E-state index is 12.1. The normalized spacial score (nSPS) is 10.2. The van der Waals surface area contributed by atoms with Crippen LogP contribution in [0.25, 0.3) is 0 Å². The van der Waals surface area contributed by atoms with Gasteiger partial charge in [-0.25, -0.2) is 4.98 Å². The first kappa shape index (κ1) is 12.7. The van der Waals surface area contributed by atoms with E-state index in [0.29, 0.717) is 17.3 Å². The van der Waals surface area contributed by atoms with Crippen LogP contribution in [-0.4, -0.2) is 28.4 Å². The fraction of sp³-hybridized carbons (Fsp3) is 0.333. The predicted octanol–water partition coefficient (Wildman–Crippen LogP) is 2.77. The van der Waals surface area contributed by atoms with E-state index in [9.17, 15) is 4.79 Å². The topological polar surface area (TPSA) is 33.2 Å². The maximum atomic E-state index is 12.1. The molecule has 0 spiro atoms. The molecular weight excluding hydrogens is 224 g/mol. The van der Waals surface area contributed by atoms with E-state index in [4.69, 9.17) is 11.6 Å². The average Bonchev–Trinajstić information content (AvgIpc) is 2.25. The summed E-state index contributed by atoms with van der Waals surface area (Å²) < 4.78 is 0. The Morgan fingerprint density at radius 3 is 2.75 bits per heavy atom. The number of carbonyl (C=O) groups is 1. The third-order valence-electron chi connectivity index (χ3n) is 2.18. The molecule has 16 heavy (non-hydrogen) atoms. The standard InChI is InChI=1S/C12H15ClN2O/c1-4-7-15(9(2)3)12(16)10-5-6-11(13)14-8-10/h4-6,8-9H,1,7H2,2-3H3. The molecule has 0 saturated carbocycles. The van der Waals surface area contributed by atoms with Crippen molar-refractivity contribution in [3.05, 3.63) is 41.7 Å². The summed E-state index contributed by atoms with van der Waals surface area (Å²) in [5.41, 5.74) is 0.542. The number of hydrogen-bond acceptors (Lipinski definition) is 2. The monoisotopic (exact) mass is 238 g/mol. The zero-order valence-corrected chi connectivity index (χ0v) is 10.2. The number of nitrogens with zero attached hydrogens (tertiary/aromatic N) is 2. The minimum Gasteiger partial charge on any atom is -0.332 e. The average molecular weight is 239 g/mol. The molecule has 4 heteroatoms. The molecule has 1 rings (SSSR count). The van der Waals surface area contributed by atoms with Gasteiger partial charge in [0.25, 0.3) is 5.91 Å². The Morgan fingerprint density at radius 2 is 2.31 bits per heavy atom. The Kier molecular flexibility index (Phi) is 4.50. The van der Waals surface area contributed by atoms with Crippen molar-refractivity contribution in [1.82, 2.24) is 9.88 Å². The lowest BCUT2D eigenvalue weighted by Gasteiger charge is -2.25. The van der Waals surface area contributed by atoms with E-state index in [0.717, 1.165) is 0 Å². The summed E-state index contributed by atoms with van der Waals surface area (Å²) in [6, 6.07) is 3.42. The van der Waals surface area contributed by atoms with Crippen LogP contribution in [0.1, 0.15) is 24.2 Å². The van der Waals surface area contributed by atoms with E-state index in [1.807, 2.05) is 13.8 Å². The summed E-state index contributed by atoms with van der Waals surface area (Å²) in [6.07, 6.45) is 3.20.